The van der Waals surface area contributed by atoms with Gasteiger partial charge >= 0.3 is 11.6 Å². The summed E-state index contributed by atoms with van der Waals surface area (Å²) in [5.41, 5.74) is 2.80. The largest absolute Gasteiger partial charge is 0.494 e. The van der Waals surface area contributed by atoms with Gasteiger partial charge in [0.25, 0.3) is 5.91 Å². The SMILES string of the molecule is CCOc1ccc(C(=O)N[C@H](C(=O)OCc2cc(=O)oc3c(C)c(C)ccc23)C(C)C)cc1. The molecule has 1 N–H and O–H groups in total. The van der Waals surface area contributed by atoms with Gasteiger partial charge in [-0.15, -0.1) is 0 Å². The number of fused-ring (bicyclic) bond motifs is 1. The van der Waals surface area contributed by atoms with Crippen molar-refractivity contribution in [3.8, 4) is 5.75 Å². The quantitative estimate of drug-likeness (QED) is 0.405. The van der Waals surface area contributed by atoms with E-state index in [2.05, 4.69) is 5.32 Å². The molecule has 3 aromatic rings. The van der Waals surface area contributed by atoms with Gasteiger partial charge in [-0.05, 0) is 62.1 Å². The van der Waals surface area contributed by atoms with Gasteiger partial charge in [0.15, 0.2) is 0 Å². The summed E-state index contributed by atoms with van der Waals surface area (Å²) in [5, 5.41) is 3.46. The highest BCUT2D eigenvalue weighted by Gasteiger charge is 2.26. The lowest BCUT2D eigenvalue weighted by atomic mass is 10.0. The third-order valence-electron chi connectivity index (χ3n) is 5.52. The molecule has 0 radical (unpaired) electrons. The molecule has 3 rings (SSSR count). The van der Waals surface area contributed by atoms with Crippen molar-refractivity contribution in [1.82, 2.24) is 5.32 Å². The predicted octanol–water partition coefficient (Wildman–Crippen LogP) is 4.31. The Morgan fingerprint density at radius 3 is 2.39 bits per heavy atom. The van der Waals surface area contributed by atoms with E-state index < -0.39 is 17.6 Å². The molecule has 0 aliphatic heterocycles. The van der Waals surface area contributed by atoms with Crippen LogP contribution in [-0.4, -0.2) is 24.5 Å². The van der Waals surface area contributed by atoms with Crippen molar-refractivity contribution in [3.05, 3.63) is 75.1 Å². The molecule has 2 aromatic carbocycles. The van der Waals surface area contributed by atoms with Crippen molar-refractivity contribution in [3.63, 3.8) is 0 Å². The normalized spacial score (nSPS) is 11.9. The molecule has 0 bridgehead atoms. The zero-order valence-electron chi connectivity index (χ0n) is 19.6. The second-order valence-electron chi connectivity index (χ2n) is 8.24. The second-order valence-corrected chi connectivity index (χ2v) is 8.24. The minimum atomic E-state index is -0.848. The smallest absolute Gasteiger partial charge is 0.336 e. The monoisotopic (exact) mass is 451 g/mol. The van der Waals surface area contributed by atoms with Crippen LogP contribution >= 0.6 is 0 Å². The highest BCUT2D eigenvalue weighted by atomic mass is 16.5. The maximum atomic E-state index is 12.8. The number of ether oxygens (including phenoxy) is 2. The van der Waals surface area contributed by atoms with Crippen molar-refractivity contribution in [1.29, 1.82) is 0 Å². The number of nitrogens with one attached hydrogen (secondary N) is 1. The van der Waals surface area contributed by atoms with E-state index in [0.717, 1.165) is 11.1 Å². The third-order valence-corrected chi connectivity index (χ3v) is 5.52. The van der Waals surface area contributed by atoms with Crippen LogP contribution in [0.3, 0.4) is 0 Å². The first-order valence-electron chi connectivity index (χ1n) is 10.9. The standard InChI is InChI=1S/C26H29NO6/c1-6-31-20-10-8-18(9-11-20)25(29)27-23(15(2)3)26(30)32-14-19-13-22(28)33-24-17(5)16(4)7-12-21(19)24/h7-13,15,23H,6,14H2,1-5H3,(H,27,29)/t23-/m0/s1. The van der Waals surface area contributed by atoms with Gasteiger partial charge in [0, 0.05) is 22.6 Å². The molecule has 0 saturated carbocycles. The van der Waals surface area contributed by atoms with Gasteiger partial charge in [-0.25, -0.2) is 9.59 Å². The molecule has 1 aromatic heterocycles. The maximum Gasteiger partial charge on any atom is 0.336 e. The topological polar surface area (TPSA) is 94.8 Å². The fourth-order valence-electron chi connectivity index (χ4n) is 3.47. The first-order chi connectivity index (χ1) is 15.7. The Labute approximate surface area is 192 Å². The van der Waals surface area contributed by atoms with Gasteiger partial charge in [0.05, 0.1) is 6.61 Å². The summed E-state index contributed by atoms with van der Waals surface area (Å²) in [5.74, 6) is -0.495. The summed E-state index contributed by atoms with van der Waals surface area (Å²) < 4.78 is 16.3. The van der Waals surface area contributed by atoms with Crippen LogP contribution in [0.2, 0.25) is 0 Å². The molecular formula is C26H29NO6. The fraction of sp³-hybridized carbons (Fsp3) is 0.346. The molecule has 0 aliphatic rings. The third kappa shape index (κ3) is 5.61. The first kappa shape index (κ1) is 24.0. The highest BCUT2D eigenvalue weighted by Crippen LogP contribution is 2.24. The average molecular weight is 452 g/mol. The van der Waals surface area contributed by atoms with Crippen molar-refractivity contribution >= 4 is 22.8 Å². The van der Waals surface area contributed by atoms with E-state index in [9.17, 15) is 14.4 Å². The lowest BCUT2D eigenvalue weighted by Crippen LogP contribution is -2.45. The van der Waals surface area contributed by atoms with E-state index >= 15 is 0 Å². The zero-order valence-corrected chi connectivity index (χ0v) is 19.6. The highest BCUT2D eigenvalue weighted by molar-refractivity contribution is 5.97. The van der Waals surface area contributed by atoms with Crippen LogP contribution in [0.1, 0.15) is 47.8 Å². The van der Waals surface area contributed by atoms with E-state index in [1.165, 1.54) is 6.07 Å². The molecule has 1 atom stereocenters. The predicted molar refractivity (Wildman–Crippen MR) is 125 cm³/mol. The van der Waals surface area contributed by atoms with Gasteiger partial charge < -0.3 is 19.2 Å². The van der Waals surface area contributed by atoms with Gasteiger partial charge in [0.2, 0.25) is 0 Å². The van der Waals surface area contributed by atoms with Gasteiger partial charge in [-0.1, -0.05) is 26.0 Å². The minimum absolute atomic E-state index is 0.106. The summed E-state index contributed by atoms with van der Waals surface area (Å²) in [6, 6.07) is 10.9. The number of amides is 1. The molecule has 1 amide bonds. The fourth-order valence-corrected chi connectivity index (χ4v) is 3.47. The Balaban J connectivity index is 1.74. The zero-order chi connectivity index (χ0) is 24.1. The number of carbonyl (C=O) groups excluding carboxylic acids is 2. The Bertz CT molecular complexity index is 1210. The second kappa shape index (κ2) is 10.3. The molecule has 1 heterocycles. The average Bonchev–Trinajstić information content (AvgIpc) is 2.78. The van der Waals surface area contributed by atoms with Crippen LogP contribution in [0.4, 0.5) is 0 Å². The first-order valence-corrected chi connectivity index (χ1v) is 10.9. The molecule has 174 valence electrons. The van der Waals surface area contributed by atoms with E-state index in [1.807, 2.05) is 46.8 Å². The Morgan fingerprint density at radius 2 is 1.76 bits per heavy atom. The summed E-state index contributed by atoms with van der Waals surface area (Å²) in [4.78, 5) is 37.6. The van der Waals surface area contributed by atoms with Crippen molar-refractivity contribution < 1.29 is 23.5 Å². The number of aryl methyl sites for hydroxylation is 2. The van der Waals surface area contributed by atoms with Crippen molar-refractivity contribution in [2.45, 2.75) is 47.3 Å². The summed E-state index contributed by atoms with van der Waals surface area (Å²) in [6.45, 7) is 9.76. The molecule has 7 heteroatoms. The van der Waals surface area contributed by atoms with Crippen LogP contribution in [0.5, 0.6) is 5.75 Å². The summed E-state index contributed by atoms with van der Waals surface area (Å²) in [6.07, 6.45) is 0. The molecule has 0 aliphatic carbocycles. The summed E-state index contributed by atoms with van der Waals surface area (Å²) in [7, 11) is 0. The number of carbonyl (C=O) groups is 2. The molecule has 0 saturated heterocycles. The molecule has 0 fully saturated rings. The van der Waals surface area contributed by atoms with Crippen LogP contribution in [0.25, 0.3) is 11.0 Å². The van der Waals surface area contributed by atoms with Crippen molar-refractivity contribution in [2.75, 3.05) is 6.61 Å². The van der Waals surface area contributed by atoms with Gasteiger partial charge in [0.1, 0.15) is 24.0 Å². The molecule has 33 heavy (non-hydrogen) atoms. The molecule has 0 unspecified atom stereocenters. The van der Waals surface area contributed by atoms with Crippen LogP contribution < -0.4 is 15.7 Å². The number of hydrogen-bond acceptors (Lipinski definition) is 6. The number of hydrogen-bond donors (Lipinski definition) is 1. The number of rotatable bonds is 8. The van der Waals surface area contributed by atoms with Crippen LogP contribution in [-0.2, 0) is 16.1 Å². The Morgan fingerprint density at radius 1 is 1.06 bits per heavy atom. The van der Waals surface area contributed by atoms with E-state index in [1.54, 1.807) is 24.3 Å². The van der Waals surface area contributed by atoms with Gasteiger partial charge in [-0.2, -0.15) is 0 Å². The molecular weight excluding hydrogens is 422 g/mol. The van der Waals surface area contributed by atoms with E-state index in [-0.39, 0.29) is 18.4 Å². The molecule has 7 nitrogen and oxygen atoms in total. The van der Waals surface area contributed by atoms with Crippen LogP contribution in [0.15, 0.2) is 51.7 Å². The van der Waals surface area contributed by atoms with E-state index in [0.29, 0.717) is 34.5 Å². The Hall–Kier alpha value is -3.61. The van der Waals surface area contributed by atoms with Crippen LogP contribution in [0, 0.1) is 19.8 Å². The number of benzene rings is 2. The molecule has 0 spiro atoms. The van der Waals surface area contributed by atoms with E-state index in [4.69, 9.17) is 13.9 Å². The van der Waals surface area contributed by atoms with Crippen molar-refractivity contribution in [2.24, 2.45) is 5.92 Å². The lowest BCUT2D eigenvalue weighted by molar-refractivity contribution is -0.148. The van der Waals surface area contributed by atoms with Gasteiger partial charge in [-0.3, -0.25) is 4.79 Å². The summed E-state index contributed by atoms with van der Waals surface area (Å²) >= 11 is 0. The lowest BCUT2D eigenvalue weighted by Gasteiger charge is -2.21. The Kier molecular flexibility index (Phi) is 7.53. The maximum absolute atomic E-state index is 12.8. The number of esters is 1. The minimum Gasteiger partial charge on any atom is -0.494 e.